The summed E-state index contributed by atoms with van der Waals surface area (Å²) in [5, 5.41) is 0. The van der Waals surface area contributed by atoms with Crippen LogP contribution in [0.2, 0.25) is 0 Å². The molecule has 1 aromatic carbocycles. The van der Waals surface area contributed by atoms with Crippen molar-refractivity contribution in [3.05, 3.63) is 35.7 Å². The highest BCUT2D eigenvalue weighted by atomic mass is 16.6. The Kier molecular flexibility index (Phi) is 12.0. The normalized spacial score (nSPS) is 17.9. The van der Waals surface area contributed by atoms with Gasteiger partial charge in [-0.3, -0.25) is 4.90 Å². The molecule has 0 bridgehead atoms. The maximum Gasteiger partial charge on any atom is 0.410 e. The van der Waals surface area contributed by atoms with Crippen LogP contribution in [0.4, 0.5) is 10.5 Å². The van der Waals surface area contributed by atoms with Gasteiger partial charge in [0, 0.05) is 58.9 Å². The topological polar surface area (TPSA) is 52.9 Å². The lowest BCUT2D eigenvalue weighted by Crippen LogP contribution is -2.50. The van der Waals surface area contributed by atoms with Crippen molar-refractivity contribution in [1.29, 1.82) is 0 Å². The van der Waals surface area contributed by atoms with E-state index < -0.39 is 5.60 Å². The van der Waals surface area contributed by atoms with Gasteiger partial charge >= 0.3 is 6.09 Å². The average Bonchev–Trinajstić information content (AvgIpc) is 2.89. The fourth-order valence-electron chi connectivity index (χ4n) is 4.84. The number of hydrogen-bond acceptors (Lipinski definition) is 6. The fraction of sp³-hybridized carbons (Fsp3) is 0.724. The van der Waals surface area contributed by atoms with E-state index in [9.17, 15) is 4.79 Å². The van der Waals surface area contributed by atoms with E-state index in [1.54, 1.807) is 12.1 Å². The lowest BCUT2D eigenvalue weighted by molar-refractivity contribution is 0.0144. The van der Waals surface area contributed by atoms with Crippen LogP contribution in [0.15, 0.2) is 24.3 Å². The zero-order valence-electron chi connectivity index (χ0n) is 23.3. The second-order valence-corrected chi connectivity index (χ2v) is 11.2. The molecule has 0 saturated carbocycles. The van der Waals surface area contributed by atoms with E-state index in [4.69, 9.17) is 16.0 Å². The minimum atomic E-state index is -0.424. The van der Waals surface area contributed by atoms with E-state index >= 15 is 0 Å². The van der Waals surface area contributed by atoms with Crippen LogP contribution >= 0.6 is 0 Å². The van der Waals surface area contributed by atoms with Crippen molar-refractivity contribution in [2.75, 3.05) is 78.6 Å². The Balaban J connectivity index is 1.14. The first kappa shape index (κ1) is 29.2. The first-order valence-electron chi connectivity index (χ1n) is 14.1. The minimum Gasteiger partial charge on any atom is -0.494 e. The molecule has 0 aromatic heterocycles. The van der Waals surface area contributed by atoms with Crippen molar-refractivity contribution in [3.8, 4) is 5.75 Å². The van der Waals surface area contributed by atoms with E-state index in [2.05, 4.69) is 19.5 Å². The summed E-state index contributed by atoms with van der Waals surface area (Å²) >= 11 is 0. The molecule has 0 atom stereocenters. The molecule has 0 unspecified atom stereocenters. The van der Waals surface area contributed by atoms with Gasteiger partial charge < -0.3 is 24.2 Å². The average molecular weight is 514 g/mol. The van der Waals surface area contributed by atoms with Crippen molar-refractivity contribution in [2.24, 2.45) is 0 Å². The monoisotopic (exact) mass is 513 g/mol. The van der Waals surface area contributed by atoms with E-state index in [0.29, 0.717) is 5.69 Å². The molecule has 0 radical (unpaired) electrons. The van der Waals surface area contributed by atoms with E-state index in [0.717, 1.165) is 71.1 Å². The van der Waals surface area contributed by atoms with Gasteiger partial charge in [-0.2, -0.15) is 0 Å². The molecule has 1 aromatic rings. The van der Waals surface area contributed by atoms with Crippen LogP contribution in [-0.4, -0.2) is 110 Å². The number of amides is 1. The summed E-state index contributed by atoms with van der Waals surface area (Å²) in [4.78, 5) is 25.1. The molecule has 2 heterocycles. The SMILES string of the molecule is [C-]#[N+]c1ccc(OCCCN2CCN(CCCCCCN3CCN(C(=O)OC(C)(C)C)CC3)CC2)cc1. The summed E-state index contributed by atoms with van der Waals surface area (Å²) in [6.07, 6.45) is 5.96. The second-order valence-electron chi connectivity index (χ2n) is 11.2. The summed E-state index contributed by atoms with van der Waals surface area (Å²) in [5.74, 6) is 0.845. The molecule has 206 valence electrons. The summed E-state index contributed by atoms with van der Waals surface area (Å²) < 4.78 is 11.3. The number of carbonyl (C=O) groups excluding carboxylic acids is 1. The van der Waals surface area contributed by atoms with E-state index in [1.165, 1.54) is 45.3 Å². The summed E-state index contributed by atoms with van der Waals surface area (Å²) in [6.45, 7) is 25.0. The predicted molar refractivity (Wildman–Crippen MR) is 148 cm³/mol. The van der Waals surface area contributed by atoms with Crippen LogP contribution in [0, 0.1) is 6.57 Å². The van der Waals surface area contributed by atoms with Crippen molar-refractivity contribution < 1.29 is 14.3 Å². The molecule has 2 saturated heterocycles. The van der Waals surface area contributed by atoms with Gasteiger partial charge in [0.15, 0.2) is 5.69 Å². The third-order valence-corrected chi connectivity index (χ3v) is 7.04. The molecular weight excluding hydrogens is 466 g/mol. The molecule has 37 heavy (non-hydrogen) atoms. The lowest BCUT2D eigenvalue weighted by Gasteiger charge is -2.35. The summed E-state index contributed by atoms with van der Waals surface area (Å²) in [6, 6.07) is 7.36. The number of nitrogens with zero attached hydrogens (tertiary/aromatic N) is 5. The molecule has 8 heteroatoms. The lowest BCUT2D eigenvalue weighted by atomic mass is 10.1. The maximum absolute atomic E-state index is 12.2. The Morgan fingerprint density at radius 1 is 0.784 bits per heavy atom. The smallest absolute Gasteiger partial charge is 0.410 e. The van der Waals surface area contributed by atoms with Crippen LogP contribution in [-0.2, 0) is 4.74 Å². The van der Waals surface area contributed by atoms with Crippen molar-refractivity contribution >= 4 is 11.8 Å². The largest absolute Gasteiger partial charge is 0.494 e. The standard InChI is InChI=1S/C29H47N5O3/c1-29(2,3)37-28(35)34-23-21-32(22-24-34)15-8-6-5-7-14-31-17-19-33(20-18-31)16-9-25-36-27-12-10-26(30-4)11-13-27/h10-13H,5-9,14-25H2,1-3H3. The Hall–Kier alpha value is -2.34. The number of benzene rings is 1. The molecule has 0 N–H and O–H groups in total. The van der Waals surface area contributed by atoms with Crippen LogP contribution in [0.25, 0.3) is 4.85 Å². The molecule has 2 fully saturated rings. The van der Waals surface area contributed by atoms with Crippen LogP contribution in [0.5, 0.6) is 5.75 Å². The number of ether oxygens (including phenoxy) is 2. The number of rotatable bonds is 12. The molecule has 2 aliphatic heterocycles. The van der Waals surface area contributed by atoms with Crippen LogP contribution in [0.1, 0.15) is 52.9 Å². The first-order valence-corrected chi connectivity index (χ1v) is 14.1. The Morgan fingerprint density at radius 2 is 1.27 bits per heavy atom. The predicted octanol–water partition coefficient (Wildman–Crippen LogP) is 4.74. The summed E-state index contributed by atoms with van der Waals surface area (Å²) in [7, 11) is 0. The molecule has 3 rings (SSSR count). The quantitative estimate of drug-likeness (QED) is 0.297. The van der Waals surface area contributed by atoms with Gasteiger partial charge in [-0.05, 0) is 65.3 Å². The van der Waals surface area contributed by atoms with Gasteiger partial charge in [-0.15, -0.1) is 0 Å². The van der Waals surface area contributed by atoms with E-state index in [1.807, 2.05) is 37.8 Å². The van der Waals surface area contributed by atoms with Gasteiger partial charge in [0.05, 0.1) is 13.2 Å². The Bertz CT molecular complexity index is 833. The Morgan fingerprint density at radius 3 is 1.76 bits per heavy atom. The minimum absolute atomic E-state index is 0.178. The highest BCUT2D eigenvalue weighted by Gasteiger charge is 2.25. The molecule has 1 amide bonds. The van der Waals surface area contributed by atoms with Crippen LogP contribution in [0.3, 0.4) is 0 Å². The third-order valence-electron chi connectivity index (χ3n) is 7.04. The molecule has 2 aliphatic rings. The van der Waals surface area contributed by atoms with Gasteiger partial charge in [-0.25, -0.2) is 9.64 Å². The van der Waals surface area contributed by atoms with Gasteiger partial charge in [0.25, 0.3) is 0 Å². The number of carbonyl (C=O) groups is 1. The summed E-state index contributed by atoms with van der Waals surface area (Å²) in [5.41, 5.74) is 0.226. The molecule has 0 spiro atoms. The zero-order valence-corrected chi connectivity index (χ0v) is 23.3. The maximum atomic E-state index is 12.2. The van der Waals surface area contributed by atoms with Gasteiger partial charge in [0.1, 0.15) is 11.4 Å². The first-order chi connectivity index (χ1) is 17.8. The second kappa shape index (κ2) is 15.2. The Labute approximate surface area is 224 Å². The number of unbranched alkanes of at least 4 members (excludes halogenated alkanes) is 3. The zero-order chi connectivity index (χ0) is 26.5. The van der Waals surface area contributed by atoms with Crippen molar-refractivity contribution in [2.45, 2.75) is 58.5 Å². The molecule has 8 nitrogen and oxygen atoms in total. The van der Waals surface area contributed by atoms with Gasteiger partial charge in [0.2, 0.25) is 0 Å². The molecular formula is C29H47N5O3. The fourth-order valence-corrected chi connectivity index (χ4v) is 4.84. The highest BCUT2D eigenvalue weighted by molar-refractivity contribution is 5.68. The van der Waals surface area contributed by atoms with E-state index in [-0.39, 0.29) is 6.09 Å². The van der Waals surface area contributed by atoms with Gasteiger partial charge in [-0.1, -0.05) is 25.0 Å². The third kappa shape index (κ3) is 11.3. The van der Waals surface area contributed by atoms with Crippen molar-refractivity contribution in [3.63, 3.8) is 0 Å². The van der Waals surface area contributed by atoms with Crippen molar-refractivity contribution in [1.82, 2.24) is 19.6 Å². The van der Waals surface area contributed by atoms with Crippen LogP contribution < -0.4 is 4.74 Å². The molecule has 0 aliphatic carbocycles. The highest BCUT2D eigenvalue weighted by Crippen LogP contribution is 2.18. The number of piperazine rings is 2. The number of hydrogen-bond donors (Lipinski definition) is 0.